The van der Waals surface area contributed by atoms with Gasteiger partial charge in [0.15, 0.2) is 5.58 Å². The molecule has 2 nitrogen and oxygen atoms in total. The molecule has 2 heteroatoms. The first kappa shape index (κ1) is 10.1. The van der Waals surface area contributed by atoms with Gasteiger partial charge in [-0.3, -0.25) is 0 Å². The van der Waals surface area contributed by atoms with Gasteiger partial charge in [-0.25, -0.2) is 4.98 Å². The standard InChI is InChI=1S/C15H13NO/c1-10-4-3-5-12(8-10)15-16-13-7-6-11(2)9-14(13)17-15/h3-9H,1-2H3. The summed E-state index contributed by atoms with van der Waals surface area (Å²) in [6.07, 6.45) is 0. The molecular weight excluding hydrogens is 210 g/mol. The fourth-order valence-electron chi connectivity index (χ4n) is 1.93. The molecule has 1 aromatic heterocycles. The maximum absolute atomic E-state index is 5.78. The highest BCUT2D eigenvalue weighted by Crippen LogP contribution is 2.25. The summed E-state index contributed by atoms with van der Waals surface area (Å²) in [7, 11) is 0. The van der Waals surface area contributed by atoms with E-state index in [1.54, 1.807) is 0 Å². The van der Waals surface area contributed by atoms with Crippen LogP contribution in [0.4, 0.5) is 0 Å². The monoisotopic (exact) mass is 223 g/mol. The van der Waals surface area contributed by atoms with Crippen LogP contribution in [0.15, 0.2) is 46.9 Å². The number of oxazole rings is 1. The average molecular weight is 223 g/mol. The first-order valence-corrected chi connectivity index (χ1v) is 5.66. The van der Waals surface area contributed by atoms with E-state index in [1.165, 1.54) is 11.1 Å². The van der Waals surface area contributed by atoms with Crippen LogP contribution in [0.2, 0.25) is 0 Å². The summed E-state index contributed by atoms with van der Waals surface area (Å²) in [5.41, 5.74) is 5.18. The summed E-state index contributed by atoms with van der Waals surface area (Å²) in [6.45, 7) is 4.12. The van der Waals surface area contributed by atoms with E-state index in [0.717, 1.165) is 16.7 Å². The lowest BCUT2D eigenvalue weighted by molar-refractivity contribution is 0.619. The van der Waals surface area contributed by atoms with Crippen molar-refractivity contribution >= 4 is 11.1 Å². The summed E-state index contributed by atoms with van der Waals surface area (Å²) in [4.78, 5) is 4.50. The van der Waals surface area contributed by atoms with E-state index in [0.29, 0.717) is 5.89 Å². The quantitative estimate of drug-likeness (QED) is 0.620. The zero-order chi connectivity index (χ0) is 11.8. The minimum Gasteiger partial charge on any atom is -0.436 e. The van der Waals surface area contributed by atoms with Gasteiger partial charge in [0.05, 0.1) is 0 Å². The van der Waals surface area contributed by atoms with Gasteiger partial charge >= 0.3 is 0 Å². The molecule has 0 spiro atoms. The number of rotatable bonds is 1. The van der Waals surface area contributed by atoms with Gasteiger partial charge in [0.1, 0.15) is 5.52 Å². The Morgan fingerprint density at radius 2 is 1.76 bits per heavy atom. The Morgan fingerprint density at radius 3 is 2.59 bits per heavy atom. The molecule has 0 radical (unpaired) electrons. The summed E-state index contributed by atoms with van der Waals surface area (Å²) < 4.78 is 5.78. The molecule has 0 aliphatic heterocycles. The minimum atomic E-state index is 0.689. The van der Waals surface area contributed by atoms with Crippen molar-refractivity contribution in [2.45, 2.75) is 13.8 Å². The van der Waals surface area contributed by atoms with Crippen molar-refractivity contribution in [2.75, 3.05) is 0 Å². The zero-order valence-electron chi connectivity index (χ0n) is 9.90. The van der Waals surface area contributed by atoms with Crippen molar-refractivity contribution in [1.29, 1.82) is 0 Å². The average Bonchev–Trinajstić information content (AvgIpc) is 2.72. The Kier molecular flexibility index (Phi) is 2.22. The number of aryl methyl sites for hydroxylation is 2. The predicted octanol–water partition coefficient (Wildman–Crippen LogP) is 4.11. The van der Waals surface area contributed by atoms with Crippen LogP contribution in [0.5, 0.6) is 0 Å². The van der Waals surface area contributed by atoms with Gasteiger partial charge in [-0.1, -0.05) is 23.8 Å². The van der Waals surface area contributed by atoms with E-state index in [2.05, 4.69) is 24.0 Å². The summed E-state index contributed by atoms with van der Waals surface area (Å²) in [5, 5.41) is 0. The molecule has 0 fully saturated rings. The second-order valence-electron chi connectivity index (χ2n) is 4.36. The Morgan fingerprint density at radius 1 is 0.941 bits per heavy atom. The Hall–Kier alpha value is -2.09. The molecular formula is C15H13NO. The topological polar surface area (TPSA) is 26.0 Å². The predicted molar refractivity (Wildman–Crippen MR) is 68.9 cm³/mol. The summed E-state index contributed by atoms with van der Waals surface area (Å²) in [5.74, 6) is 0.689. The van der Waals surface area contributed by atoms with Gasteiger partial charge in [0.25, 0.3) is 0 Å². The molecule has 17 heavy (non-hydrogen) atoms. The molecule has 0 atom stereocenters. The van der Waals surface area contributed by atoms with Gasteiger partial charge < -0.3 is 4.42 Å². The molecule has 0 saturated carbocycles. The number of hydrogen-bond donors (Lipinski definition) is 0. The van der Waals surface area contributed by atoms with Gasteiger partial charge in [-0.05, 0) is 43.7 Å². The van der Waals surface area contributed by atoms with E-state index >= 15 is 0 Å². The van der Waals surface area contributed by atoms with E-state index in [-0.39, 0.29) is 0 Å². The second-order valence-corrected chi connectivity index (χ2v) is 4.36. The van der Waals surface area contributed by atoms with E-state index in [4.69, 9.17) is 4.42 Å². The SMILES string of the molecule is Cc1cccc(-c2nc3ccc(C)cc3o2)c1. The molecule has 3 rings (SSSR count). The maximum Gasteiger partial charge on any atom is 0.227 e. The van der Waals surface area contributed by atoms with Gasteiger partial charge in [-0.2, -0.15) is 0 Å². The van der Waals surface area contributed by atoms with Crippen molar-refractivity contribution in [3.05, 3.63) is 53.6 Å². The fourth-order valence-corrected chi connectivity index (χ4v) is 1.93. The zero-order valence-corrected chi connectivity index (χ0v) is 9.90. The fraction of sp³-hybridized carbons (Fsp3) is 0.133. The molecule has 3 aromatic rings. The normalized spacial score (nSPS) is 10.9. The lowest BCUT2D eigenvalue weighted by Gasteiger charge is -1.95. The number of hydrogen-bond acceptors (Lipinski definition) is 2. The maximum atomic E-state index is 5.78. The minimum absolute atomic E-state index is 0.689. The van der Waals surface area contributed by atoms with Crippen molar-refractivity contribution < 1.29 is 4.42 Å². The molecule has 1 heterocycles. The lowest BCUT2D eigenvalue weighted by Crippen LogP contribution is -1.78. The third kappa shape index (κ3) is 1.82. The highest BCUT2D eigenvalue weighted by molar-refractivity contribution is 5.76. The van der Waals surface area contributed by atoms with Crippen LogP contribution >= 0.6 is 0 Å². The van der Waals surface area contributed by atoms with Gasteiger partial charge in [0, 0.05) is 5.56 Å². The van der Waals surface area contributed by atoms with Crippen molar-refractivity contribution in [3.8, 4) is 11.5 Å². The van der Waals surface area contributed by atoms with Crippen LogP contribution in [0.3, 0.4) is 0 Å². The number of aromatic nitrogens is 1. The van der Waals surface area contributed by atoms with E-state index < -0.39 is 0 Å². The molecule has 0 aliphatic carbocycles. The van der Waals surface area contributed by atoms with Crippen LogP contribution < -0.4 is 0 Å². The highest BCUT2D eigenvalue weighted by atomic mass is 16.3. The first-order valence-electron chi connectivity index (χ1n) is 5.66. The Labute approximate surface area is 99.9 Å². The van der Waals surface area contributed by atoms with E-state index in [9.17, 15) is 0 Å². The third-order valence-electron chi connectivity index (χ3n) is 2.81. The van der Waals surface area contributed by atoms with Crippen LogP contribution in [-0.4, -0.2) is 4.98 Å². The molecule has 2 aromatic carbocycles. The summed E-state index contributed by atoms with van der Waals surface area (Å²) >= 11 is 0. The van der Waals surface area contributed by atoms with Crippen LogP contribution in [0.25, 0.3) is 22.6 Å². The number of fused-ring (bicyclic) bond motifs is 1. The van der Waals surface area contributed by atoms with Crippen LogP contribution in [0.1, 0.15) is 11.1 Å². The molecule has 0 N–H and O–H groups in total. The number of nitrogens with zero attached hydrogens (tertiary/aromatic N) is 1. The third-order valence-corrected chi connectivity index (χ3v) is 2.81. The molecule has 0 unspecified atom stereocenters. The van der Waals surface area contributed by atoms with Crippen molar-refractivity contribution in [2.24, 2.45) is 0 Å². The molecule has 0 saturated heterocycles. The van der Waals surface area contributed by atoms with Crippen molar-refractivity contribution in [3.63, 3.8) is 0 Å². The Bertz CT molecular complexity index is 682. The number of benzene rings is 2. The van der Waals surface area contributed by atoms with E-state index in [1.807, 2.05) is 37.3 Å². The molecule has 0 bridgehead atoms. The van der Waals surface area contributed by atoms with Crippen LogP contribution in [-0.2, 0) is 0 Å². The van der Waals surface area contributed by atoms with Crippen LogP contribution in [0, 0.1) is 13.8 Å². The molecule has 0 aliphatic rings. The van der Waals surface area contributed by atoms with Gasteiger partial charge in [-0.15, -0.1) is 0 Å². The smallest absolute Gasteiger partial charge is 0.227 e. The Balaban J connectivity index is 2.18. The van der Waals surface area contributed by atoms with Gasteiger partial charge in [0.2, 0.25) is 5.89 Å². The largest absolute Gasteiger partial charge is 0.436 e. The molecule has 84 valence electrons. The van der Waals surface area contributed by atoms with Crippen molar-refractivity contribution in [1.82, 2.24) is 4.98 Å². The lowest BCUT2D eigenvalue weighted by atomic mass is 10.1. The first-order chi connectivity index (χ1) is 8.22. The summed E-state index contributed by atoms with van der Waals surface area (Å²) in [6, 6.07) is 14.2. The molecule has 0 amide bonds. The highest BCUT2D eigenvalue weighted by Gasteiger charge is 2.07. The second kappa shape index (κ2) is 3.74.